The highest BCUT2D eigenvalue weighted by Crippen LogP contribution is 2.34. The quantitative estimate of drug-likeness (QED) is 0.716. The number of hydrogen-bond acceptors (Lipinski definition) is 7. The van der Waals surface area contributed by atoms with Crippen molar-refractivity contribution in [1.82, 2.24) is 4.90 Å². The molecule has 0 unspecified atom stereocenters. The Kier molecular flexibility index (Phi) is 5.82. The smallest absolute Gasteiger partial charge is 0.286 e. The summed E-state index contributed by atoms with van der Waals surface area (Å²) >= 11 is 1.38. The molecule has 0 aromatic heterocycles. The number of thioether (sulfide) groups is 1. The number of amides is 1. The van der Waals surface area contributed by atoms with Crippen molar-refractivity contribution in [1.29, 1.82) is 0 Å². The van der Waals surface area contributed by atoms with Gasteiger partial charge in [-0.2, -0.15) is 4.99 Å². The van der Waals surface area contributed by atoms with E-state index in [1.807, 2.05) is 0 Å². The molecule has 1 aromatic rings. The van der Waals surface area contributed by atoms with E-state index in [-0.39, 0.29) is 5.91 Å². The summed E-state index contributed by atoms with van der Waals surface area (Å²) in [5, 5.41) is 11.3. The molecule has 26 heavy (non-hydrogen) atoms. The molecule has 0 N–H and O–H groups in total. The standard InChI is InChI=1S/C18H20N2O5S/c1-24-14-9-12(5-6-13(14)25-11-16(21)22)10-15-17(23)19-18(26-15)20-7-3-2-4-8-20/h5-6,9-10H,2-4,7-8,11H2,1H3,(H,21,22)/p-1/b15-10-. The Bertz CT molecular complexity index is 769. The molecule has 8 heteroatoms. The van der Waals surface area contributed by atoms with E-state index < -0.39 is 12.6 Å². The summed E-state index contributed by atoms with van der Waals surface area (Å²) in [7, 11) is 1.46. The molecule has 0 radical (unpaired) electrons. The van der Waals surface area contributed by atoms with Crippen LogP contribution in [0.15, 0.2) is 28.1 Å². The normalized spacial score (nSPS) is 18.8. The number of carbonyl (C=O) groups excluding carboxylic acids is 2. The maximum atomic E-state index is 12.2. The molecule has 2 aliphatic rings. The lowest BCUT2D eigenvalue weighted by atomic mass is 10.1. The molecule has 1 amide bonds. The van der Waals surface area contributed by atoms with E-state index in [9.17, 15) is 14.7 Å². The topological polar surface area (TPSA) is 91.3 Å². The highest BCUT2D eigenvalue weighted by molar-refractivity contribution is 8.18. The molecule has 0 spiro atoms. The molecule has 0 atom stereocenters. The van der Waals surface area contributed by atoms with Crippen LogP contribution in [-0.2, 0) is 9.59 Å². The van der Waals surface area contributed by atoms with Crippen LogP contribution in [-0.4, -0.2) is 48.8 Å². The van der Waals surface area contributed by atoms with Gasteiger partial charge in [0.05, 0.1) is 18.0 Å². The van der Waals surface area contributed by atoms with Gasteiger partial charge in [-0.3, -0.25) is 4.79 Å². The number of carboxylic acids is 1. The number of nitrogens with zero attached hydrogens (tertiary/aromatic N) is 2. The summed E-state index contributed by atoms with van der Waals surface area (Å²) in [4.78, 5) is 29.6. The summed E-state index contributed by atoms with van der Waals surface area (Å²) in [5.74, 6) is -0.872. The van der Waals surface area contributed by atoms with E-state index in [4.69, 9.17) is 9.47 Å². The zero-order valence-electron chi connectivity index (χ0n) is 14.4. The zero-order valence-corrected chi connectivity index (χ0v) is 15.2. The maximum absolute atomic E-state index is 12.2. The van der Waals surface area contributed by atoms with Crippen molar-refractivity contribution in [2.24, 2.45) is 4.99 Å². The van der Waals surface area contributed by atoms with Crippen LogP contribution in [0.2, 0.25) is 0 Å². The minimum absolute atomic E-state index is 0.244. The largest absolute Gasteiger partial charge is 0.546 e. The van der Waals surface area contributed by atoms with Gasteiger partial charge in [-0.15, -0.1) is 0 Å². The highest BCUT2D eigenvalue weighted by atomic mass is 32.2. The summed E-state index contributed by atoms with van der Waals surface area (Å²) in [6.45, 7) is 1.31. The lowest BCUT2D eigenvalue weighted by Gasteiger charge is -2.27. The number of methoxy groups -OCH3 is 1. The van der Waals surface area contributed by atoms with Gasteiger partial charge in [-0.1, -0.05) is 6.07 Å². The molecule has 0 aliphatic carbocycles. The average Bonchev–Trinajstić information content (AvgIpc) is 3.01. The van der Waals surface area contributed by atoms with Gasteiger partial charge in [0.2, 0.25) is 0 Å². The summed E-state index contributed by atoms with van der Waals surface area (Å²) in [5.41, 5.74) is 0.744. The zero-order chi connectivity index (χ0) is 18.5. The first-order valence-electron chi connectivity index (χ1n) is 8.35. The van der Waals surface area contributed by atoms with E-state index in [0.717, 1.165) is 36.7 Å². The van der Waals surface area contributed by atoms with Crippen LogP contribution in [0.5, 0.6) is 11.5 Å². The Morgan fingerprint density at radius 3 is 2.77 bits per heavy atom. The van der Waals surface area contributed by atoms with Crippen LogP contribution in [0.25, 0.3) is 6.08 Å². The number of aliphatic imine (C=N–C) groups is 1. The van der Waals surface area contributed by atoms with Gasteiger partial charge in [0.25, 0.3) is 5.91 Å². The van der Waals surface area contributed by atoms with Crippen LogP contribution < -0.4 is 14.6 Å². The van der Waals surface area contributed by atoms with E-state index in [1.165, 1.54) is 25.3 Å². The molecule has 1 aromatic carbocycles. The van der Waals surface area contributed by atoms with E-state index in [1.54, 1.807) is 24.3 Å². The second kappa shape index (κ2) is 8.27. The maximum Gasteiger partial charge on any atom is 0.286 e. The minimum Gasteiger partial charge on any atom is -0.546 e. The summed E-state index contributed by atoms with van der Waals surface area (Å²) in [6.07, 6.45) is 5.21. The molecule has 3 rings (SSSR count). The molecule has 138 valence electrons. The van der Waals surface area contributed by atoms with Crippen LogP contribution >= 0.6 is 11.8 Å². The van der Waals surface area contributed by atoms with Crippen LogP contribution in [0.4, 0.5) is 0 Å². The first-order chi connectivity index (χ1) is 12.6. The number of carbonyl (C=O) groups is 2. The number of ether oxygens (including phenoxy) is 2. The fraction of sp³-hybridized carbons (Fsp3) is 0.389. The van der Waals surface area contributed by atoms with Crippen molar-refractivity contribution < 1.29 is 24.2 Å². The van der Waals surface area contributed by atoms with E-state index in [0.29, 0.717) is 16.4 Å². The first kappa shape index (κ1) is 18.3. The number of benzene rings is 1. The molecular weight excluding hydrogens is 356 g/mol. The summed E-state index contributed by atoms with van der Waals surface area (Å²) < 4.78 is 10.4. The predicted molar refractivity (Wildman–Crippen MR) is 96.9 cm³/mol. The van der Waals surface area contributed by atoms with Crippen LogP contribution in [0, 0.1) is 0 Å². The fourth-order valence-electron chi connectivity index (χ4n) is 2.80. The second-order valence-corrected chi connectivity index (χ2v) is 6.94. The van der Waals surface area contributed by atoms with E-state index >= 15 is 0 Å². The van der Waals surface area contributed by atoms with Crippen molar-refractivity contribution in [2.45, 2.75) is 19.3 Å². The van der Waals surface area contributed by atoms with Gasteiger partial charge in [0, 0.05) is 13.1 Å². The number of piperidine rings is 1. The lowest BCUT2D eigenvalue weighted by molar-refractivity contribution is -0.307. The Morgan fingerprint density at radius 2 is 2.08 bits per heavy atom. The van der Waals surface area contributed by atoms with Crippen molar-refractivity contribution in [3.63, 3.8) is 0 Å². The summed E-state index contributed by atoms with van der Waals surface area (Å²) in [6, 6.07) is 5.02. The van der Waals surface area contributed by atoms with E-state index in [2.05, 4.69) is 9.89 Å². The molecule has 1 fully saturated rings. The van der Waals surface area contributed by atoms with Crippen LogP contribution in [0.3, 0.4) is 0 Å². The van der Waals surface area contributed by atoms with Crippen molar-refractivity contribution in [2.75, 3.05) is 26.8 Å². The highest BCUT2D eigenvalue weighted by Gasteiger charge is 2.26. The Labute approximate surface area is 155 Å². The molecule has 1 saturated heterocycles. The lowest BCUT2D eigenvalue weighted by Crippen LogP contribution is -2.33. The van der Waals surface area contributed by atoms with Gasteiger partial charge in [-0.25, -0.2) is 0 Å². The number of aliphatic carboxylic acids is 1. The number of rotatable bonds is 5. The number of carboxylic acid groups (broad SMARTS) is 1. The number of amidine groups is 1. The first-order valence-corrected chi connectivity index (χ1v) is 9.16. The molecule has 2 heterocycles. The molecule has 7 nitrogen and oxygen atoms in total. The fourth-order valence-corrected chi connectivity index (χ4v) is 3.76. The van der Waals surface area contributed by atoms with Gasteiger partial charge < -0.3 is 24.3 Å². The van der Waals surface area contributed by atoms with Crippen molar-refractivity contribution in [3.05, 3.63) is 28.7 Å². The molecule has 0 saturated carbocycles. The van der Waals surface area contributed by atoms with Crippen LogP contribution in [0.1, 0.15) is 24.8 Å². The van der Waals surface area contributed by atoms with Gasteiger partial charge in [-0.05, 0) is 54.8 Å². The van der Waals surface area contributed by atoms with Gasteiger partial charge in [0.1, 0.15) is 6.61 Å². The molecular formula is C18H19N2O5S-. The Morgan fingerprint density at radius 1 is 1.31 bits per heavy atom. The average molecular weight is 375 g/mol. The van der Waals surface area contributed by atoms with Gasteiger partial charge >= 0.3 is 0 Å². The number of likely N-dealkylation sites (tertiary alicyclic amines) is 1. The molecule has 0 bridgehead atoms. The molecule has 2 aliphatic heterocycles. The third kappa shape index (κ3) is 4.37. The monoisotopic (exact) mass is 375 g/mol. The van der Waals surface area contributed by atoms with Gasteiger partial charge in [0.15, 0.2) is 16.7 Å². The van der Waals surface area contributed by atoms with Crippen molar-refractivity contribution >= 4 is 34.9 Å². The second-order valence-electron chi connectivity index (χ2n) is 5.93. The SMILES string of the molecule is COc1cc(/C=C2\SC(N3CCCCC3)=NC2=O)ccc1OCC(=O)[O-]. The Hall–Kier alpha value is -2.48. The number of hydrogen-bond donors (Lipinski definition) is 0. The Balaban J connectivity index is 1.73. The minimum atomic E-state index is -1.31. The predicted octanol–water partition coefficient (Wildman–Crippen LogP) is 1.28. The third-order valence-corrected chi connectivity index (χ3v) is 5.11. The third-order valence-electron chi connectivity index (χ3n) is 4.07. The van der Waals surface area contributed by atoms with Crippen molar-refractivity contribution in [3.8, 4) is 11.5 Å².